The van der Waals surface area contributed by atoms with Gasteiger partial charge < -0.3 is 5.73 Å². The Hall–Kier alpha value is -1.92. The quantitative estimate of drug-likeness (QED) is 0.816. The Labute approximate surface area is 105 Å². The topological polar surface area (TPSA) is 49.8 Å². The largest absolute Gasteiger partial charge is 0.399 e. The van der Waals surface area contributed by atoms with Crippen LogP contribution in [0.15, 0.2) is 52.3 Å². The number of hydrogen-bond acceptors (Lipinski definition) is 3. The van der Waals surface area contributed by atoms with Crippen LogP contribution in [0.5, 0.6) is 0 Å². The summed E-state index contributed by atoms with van der Waals surface area (Å²) < 4.78 is 0. The summed E-state index contributed by atoms with van der Waals surface area (Å²) in [5.41, 5.74) is 8.14. The minimum absolute atomic E-state index is 0.728. The summed E-state index contributed by atoms with van der Waals surface area (Å²) in [5, 5.41) is 8.86. The van der Waals surface area contributed by atoms with Crippen molar-refractivity contribution >= 4 is 17.4 Å². The maximum Gasteiger partial charge on any atom is 0.0994 e. The molecule has 17 heavy (non-hydrogen) atoms. The van der Waals surface area contributed by atoms with Gasteiger partial charge in [-0.1, -0.05) is 11.8 Å². The van der Waals surface area contributed by atoms with Gasteiger partial charge in [0.05, 0.1) is 11.6 Å². The molecule has 0 unspecified atom stereocenters. The van der Waals surface area contributed by atoms with Gasteiger partial charge in [-0.3, -0.25) is 0 Å². The highest BCUT2D eigenvalue weighted by atomic mass is 32.2. The van der Waals surface area contributed by atoms with Crippen molar-refractivity contribution in [3.8, 4) is 6.07 Å². The van der Waals surface area contributed by atoms with Gasteiger partial charge in [-0.15, -0.1) is 0 Å². The van der Waals surface area contributed by atoms with E-state index in [1.54, 1.807) is 11.8 Å². The van der Waals surface area contributed by atoms with E-state index in [0.717, 1.165) is 26.6 Å². The average Bonchev–Trinajstić information content (AvgIpc) is 2.32. The molecular formula is C14H12N2S. The third-order valence-corrected chi connectivity index (χ3v) is 3.43. The highest BCUT2D eigenvalue weighted by Crippen LogP contribution is 2.29. The van der Waals surface area contributed by atoms with Gasteiger partial charge in [0.25, 0.3) is 0 Å². The number of nitriles is 1. The second-order valence-electron chi connectivity index (χ2n) is 3.76. The van der Waals surface area contributed by atoms with Crippen LogP contribution in [0.4, 0.5) is 5.69 Å². The maximum atomic E-state index is 8.86. The van der Waals surface area contributed by atoms with Crippen molar-refractivity contribution in [2.24, 2.45) is 0 Å². The standard InChI is InChI=1S/C14H12N2S/c1-10-8-14(5-2-11(10)9-15)17-13-6-3-12(16)4-7-13/h2-8H,16H2,1H3. The van der Waals surface area contributed by atoms with Crippen LogP contribution in [0.2, 0.25) is 0 Å². The van der Waals surface area contributed by atoms with Crippen LogP contribution >= 0.6 is 11.8 Å². The Morgan fingerprint density at radius 3 is 2.29 bits per heavy atom. The summed E-state index contributed by atoms with van der Waals surface area (Å²) in [6, 6.07) is 15.8. The summed E-state index contributed by atoms with van der Waals surface area (Å²) >= 11 is 1.66. The molecule has 3 heteroatoms. The number of nitrogens with two attached hydrogens (primary N) is 1. The Morgan fingerprint density at radius 1 is 1.06 bits per heavy atom. The van der Waals surface area contributed by atoms with Gasteiger partial charge in [0.2, 0.25) is 0 Å². The molecular weight excluding hydrogens is 228 g/mol. The second-order valence-corrected chi connectivity index (χ2v) is 4.91. The monoisotopic (exact) mass is 240 g/mol. The first-order chi connectivity index (χ1) is 8.19. The lowest BCUT2D eigenvalue weighted by molar-refractivity contribution is 1.31. The van der Waals surface area contributed by atoms with E-state index in [9.17, 15) is 0 Å². The number of benzene rings is 2. The summed E-state index contributed by atoms with van der Waals surface area (Å²) in [6.07, 6.45) is 0. The lowest BCUT2D eigenvalue weighted by atomic mass is 10.1. The minimum atomic E-state index is 0.728. The minimum Gasteiger partial charge on any atom is -0.399 e. The first-order valence-electron chi connectivity index (χ1n) is 5.23. The summed E-state index contributed by atoms with van der Waals surface area (Å²) in [7, 11) is 0. The van der Waals surface area contributed by atoms with Crippen molar-refractivity contribution in [1.29, 1.82) is 5.26 Å². The normalized spacial score (nSPS) is 9.88. The molecule has 84 valence electrons. The number of nitrogen functional groups attached to an aromatic ring is 1. The molecule has 0 saturated heterocycles. The van der Waals surface area contributed by atoms with Gasteiger partial charge in [-0.2, -0.15) is 5.26 Å². The lowest BCUT2D eigenvalue weighted by Gasteiger charge is -2.04. The van der Waals surface area contributed by atoms with Gasteiger partial charge in [-0.05, 0) is 55.0 Å². The first kappa shape index (κ1) is 11.6. The first-order valence-corrected chi connectivity index (χ1v) is 6.05. The molecule has 0 atom stereocenters. The van der Waals surface area contributed by atoms with Gasteiger partial charge in [0.15, 0.2) is 0 Å². The summed E-state index contributed by atoms with van der Waals surface area (Å²) in [6.45, 7) is 1.95. The van der Waals surface area contributed by atoms with E-state index in [2.05, 4.69) is 6.07 Å². The zero-order chi connectivity index (χ0) is 12.3. The van der Waals surface area contributed by atoms with Gasteiger partial charge in [-0.25, -0.2) is 0 Å². The molecule has 0 radical (unpaired) electrons. The molecule has 2 aromatic carbocycles. The van der Waals surface area contributed by atoms with Crippen molar-refractivity contribution in [3.63, 3.8) is 0 Å². The molecule has 0 aliphatic heterocycles. The van der Waals surface area contributed by atoms with Crippen LogP contribution in [0.3, 0.4) is 0 Å². The third kappa shape index (κ3) is 2.80. The second kappa shape index (κ2) is 4.94. The molecule has 0 bridgehead atoms. The number of aryl methyl sites for hydroxylation is 1. The van der Waals surface area contributed by atoms with Crippen molar-refractivity contribution < 1.29 is 0 Å². The highest BCUT2D eigenvalue weighted by molar-refractivity contribution is 7.99. The predicted octanol–water partition coefficient (Wildman–Crippen LogP) is 3.60. The molecule has 0 fully saturated rings. The molecule has 2 aromatic rings. The summed E-state index contributed by atoms with van der Waals surface area (Å²) in [5.74, 6) is 0. The van der Waals surface area contributed by atoms with Gasteiger partial charge in [0, 0.05) is 15.5 Å². The number of nitrogens with zero attached hydrogens (tertiary/aromatic N) is 1. The number of hydrogen-bond donors (Lipinski definition) is 1. The Bertz CT molecular complexity index is 568. The molecule has 2 nitrogen and oxygen atoms in total. The third-order valence-electron chi connectivity index (χ3n) is 2.43. The van der Waals surface area contributed by atoms with Crippen LogP contribution in [-0.2, 0) is 0 Å². The van der Waals surface area contributed by atoms with Gasteiger partial charge in [0.1, 0.15) is 0 Å². The fraction of sp³-hybridized carbons (Fsp3) is 0.0714. The number of anilines is 1. The van der Waals surface area contributed by atoms with E-state index >= 15 is 0 Å². The molecule has 2 rings (SSSR count). The van der Waals surface area contributed by atoms with Crippen molar-refractivity contribution in [3.05, 3.63) is 53.6 Å². The van der Waals surface area contributed by atoms with Crippen LogP contribution in [0, 0.1) is 18.3 Å². The maximum absolute atomic E-state index is 8.86. The molecule has 0 spiro atoms. The SMILES string of the molecule is Cc1cc(Sc2ccc(N)cc2)ccc1C#N. The Balaban J connectivity index is 2.22. The smallest absolute Gasteiger partial charge is 0.0994 e. The molecule has 0 saturated carbocycles. The van der Waals surface area contributed by atoms with E-state index in [1.807, 2.05) is 49.4 Å². The van der Waals surface area contributed by atoms with E-state index in [-0.39, 0.29) is 0 Å². The summed E-state index contributed by atoms with van der Waals surface area (Å²) in [4.78, 5) is 2.27. The molecule has 2 N–H and O–H groups in total. The molecule has 0 aliphatic carbocycles. The van der Waals surface area contributed by atoms with E-state index < -0.39 is 0 Å². The Kier molecular flexibility index (Phi) is 3.36. The fourth-order valence-corrected chi connectivity index (χ4v) is 2.41. The van der Waals surface area contributed by atoms with Crippen LogP contribution < -0.4 is 5.73 Å². The van der Waals surface area contributed by atoms with Crippen molar-refractivity contribution in [2.75, 3.05) is 5.73 Å². The zero-order valence-electron chi connectivity index (χ0n) is 9.47. The Morgan fingerprint density at radius 2 is 1.71 bits per heavy atom. The van der Waals surface area contributed by atoms with Crippen molar-refractivity contribution in [1.82, 2.24) is 0 Å². The molecule has 0 aromatic heterocycles. The molecule has 0 heterocycles. The van der Waals surface area contributed by atoms with Crippen LogP contribution in [0.25, 0.3) is 0 Å². The van der Waals surface area contributed by atoms with Crippen molar-refractivity contribution in [2.45, 2.75) is 16.7 Å². The fourth-order valence-electron chi connectivity index (χ4n) is 1.50. The zero-order valence-corrected chi connectivity index (χ0v) is 10.3. The van der Waals surface area contributed by atoms with Crippen LogP contribution in [0.1, 0.15) is 11.1 Å². The van der Waals surface area contributed by atoms with Gasteiger partial charge >= 0.3 is 0 Å². The predicted molar refractivity (Wildman–Crippen MR) is 70.9 cm³/mol. The van der Waals surface area contributed by atoms with Crippen LogP contribution in [-0.4, -0.2) is 0 Å². The molecule has 0 aliphatic rings. The molecule has 0 amide bonds. The van der Waals surface area contributed by atoms with E-state index in [4.69, 9.17) is 11.0 Å². The number of rotatable bonds is 2. The highest BCUT2D eigenvalue weighted by Gasteiger charge is 2.01. The lowest BCUT2D eigenvalue weighted by Crippen LogP contribution is -1.84. The van der Waals surface area contributed by atoms with E-state index in [1.165, 1.54) is 0 Å². The average molecular weight is 240 g/mol. The van der Waals surface area contributed by atoms with E-state index in [0.29, 0.717) is 0 Å².